The van der Waals surface area contributed by atoms with Gasteiger partial charge in [0.1, 0.15) is 12.0 Å². The number of nitrogens with one attached hydrogen (secondary N) is 1. The molecule has 2 rings (SSSR count). The van der Waals surface area contributed by atoms with Crippen LogP contribution in [0.1, 0.15) is 0 Å². The van der Waals surface area contributed by atoms with Crippen LogP contribution in [0, 0.1) is 0 Å². The summed E-state index contributed by atoms with van der Waals surface area (Å²) >= 11 is 0. The molecule has 70 valence electrons. The highest BCUT2D eigenvalue weighted by molar-refractivity contribution is 5.35. The van der Waals surface area contributed by atoms with Crippen molar-refractivity contribution in [3.63, 3.8) is 0 Å². The van der Waals surface area contributed by atoms with Gasteiger partial charge in [-0.1, -0.05) is 6.07 Å². The Kier molecular flexibility index (Phi) is 2.40. The van der Waals surface area contributed by atoms with Gasteiger partial charge in [-0.15, -0.1) is 0 Å². The predicted octanol–water partition coefficient (Wildman–Crippen LogP) is 1.23. The standard InChI is InChI=1S/C9H11FN2O/c10-7-5-13-6-8(7)12-9-3-1-2-4-11-9/h1-4,7-8H,5-6H2,(H,11,12). The highest BCUT2D eigenvalue weighted by atomic mass is 19.1. The van der Waals surface area contributed by atoms with E-state index in [1.54, 1.807) is 6.20 Å². The third-order valence-corrected chi connectivity index (χ3v) is 2.01. The number of pyridine rings is 1. The molecule has 0 spiro atoms. The highest BCUT2D eigenvalue weighted by Crippen LogP contribution is 2.14. The minimum atomic E-state index is -0.929. The number of halogens is 1. The molecule has 0 aromatic carbocycles. The molecule has 1 aliphatic rings. The fourth-order valence-corrected chi connectivity index (χ4v) is 1.30. The van der Waals surface area contributed by atoms with Crippen LogP contribution >= 0.6 is 0 Å². The second kappa shape index (κ2) is 3.70. The van der Waals surface area contributed by atoms with Crippen molar-refractivity contribution in [2.45, 2.75) is 12.2 Å². The van der Waals surface area contributed by atoms with Gasteiger partial charge in [-0.05, 0) is 12.1 Å². The molecular weight excluding hydrogens is 171 g/mol. The largest absolute Gasteiger partial charge is 0.376 e. The van der Waals surface area contributed by atoms with Crippen LogP contribution in [0.5, 0.6) is 0 Å². The lowest BCUT2D eigenvalue weighted by Gasteiger charge is -2.12. The van der Waals surface area contributed by atoms with E-state index in [1.165, 1.54) is 0 Å². The van der Waals surface area contributed by atoms with Crippen molar-refractivity contribution in [1.82, 2.24) is 4.98 Å². The molecule has 13 heavy (non-hydrogen) atoms. The van der Waals surface area contributed by atoms with Crippen molar-refractivity contribution in [3.05, 3.63) is 24.4 Å². The Balaban J connectivity index is 1.98. The molecule has 2 unspecified atom stereocenters. The molecule has 4 heteroatoms. The molecule has 0 aliphatic carbocycles. The van der Waals surface area contributed by atoms with E-state index in [-0.39, 0.29) is 12.6 Å². The van der Waals surface area contributed by atoms with E-state index in [9.17, 15) is 4.39 Å². The van der Waals surface area contributed by atoms with E-state index in [0.29, 0.717) is 12.4 Å². The summed E-state index contributed by atoms with van der Waals surface area (Å²) in [5.41, 5.74) is 0. The van der Waals surface area contributed by atoms with E-state index < -0.39 is 6.17 Å². The number of alkyl halides is 1. The van der Waals surface area contributed by atoms with E-state index in [2.05, 4.69) is 10.3 Å². The number of rotatable bonds is 2. The quantitative estimate of drug-likeness (QED) is 0.747. The molecule has 0 radical (unpaired) electrons. The topological polar surface area (TPSA) is 34.1 Å². The fraction of sp³-hybridized carbons (Fsp3) is 0.444. The zero-order chi connectivity index (χ0) is 9.10. The summed E-state index contributed by atoms with van der Waals surface area (Å²) in [6.07, 6.45) is 0.743. The summed E-state index contributed by atoms with van der Waals surface area (Å²) < 4.78 is 18.0. The number of anilines is 1. The maximum Gasteiger partial charge on any atom is 0.146 e. The number of hydrogen-bond donors (Lipinski definition) is 1. The Morgan fingerprint density at radius 2 is 2.38 bits per heavy atom. The van der Waals surface area contributed by atoms with Crippen LogP contribution in [-0.4, -0.2) is 30.4 Å². The van der Waals surface area contributed by atoms with E-state index in [4.69, 9.17) is 4.74 Å². The van der Waals surface area contributed by atoms with Gasteiger partial charge in [0.25, 0.3) is 0 Å². The molecule has 1 N–H and O–H groups in total. The van der Waals surface area contributed by atoms with Gasteiger partial charge in [-0.25, -0.2) is 9.37 Å². The van der Waals surface area contributed by atoms with Crippen LogP contribution in [0.4, 0.5) is 10.2 Å². The zero-order valence-electron chi connectivity index (χ0n) is 7.11. The third kappa shape index (κ3) is 1.95. The van der Waals surface area contributed by atoms with Gasteiger partial charge >= 0.3 is 0 Å². The van der Waals surface area contributed by atoms with E-state index in [1.807, 2.05) is 18.2 Å². The minimum Gasteiger partial charge on any atom is -0.376 e. The molecular formula is C9H11FN2O. The molecule has 1 fully saturated rings. The summed E-state index contributed by atoms with van der Waals surface area (Å²) in [4.78, 5) is 4.04. The van der Waals surface area contributed by atoms with Gasteiger partial charge in [0, 0.05) is 6.20 Å². The van der Waals surface area contributed by atoms with Crippen molar-refractivity contribution < 1.29 is 9.13 Å². The van der Waals surface area contributed by atoms with Gasteiger partial charge in [0.2, 0.25) is 0 Å². The molecule has 2 atom stereocenters. The van der Waals surface area contributed by atoms with Crippen molar-refractivity contribution in [1.29, 1.82) is 0 Å². The number of nitrogens with zero attached hydrogens (tertiary/aromatic N) is 1. The summed E-state index contributed by atoms with van der Waals surface area (Å²) in [7, 11) is 0. The molecule has 1 aliphatic heterocycles. The zero-order valence-corrected chi connectivity index (χ0v) is 7.11. The first kappa shape index (κ1) is 8.44. The predicted molar refractivity (Wildman–Crippen MR) is 47.4 cm³/mol. The van der Waals surface area contributed by atoms with Gasteiger partial charge in [0.15, 0.2) is 0 Å². The van der Waals surface area contributed by atoms with Crippen molar-refractivity contribution >= 4 is 5.82 Å². The molecule has 1 saturated heterocycles. The average molecular weight is 182 g/mol. The first-order valence-corrected chi connectivity index (χ1v) is 4.25. The van der Waals surface area contributed by atoms with Gasteiger partial charge in [-0.2, -0.15) is 0 Å². The smallest absolute Gasteiger partial charge is 0.146 e. The van der Waals surface area contributed by atoms with Crippen LogP contribution in [0.2, 0.25) is 0 Å². The Bertz CT molecular complexity index is 268. The van der Waals surface area contributed by atoms with Crippen LogP contribution < -0.4 is 5.32 Å². The molecule has 1 aromatic rings. The third-order valence-electron chi connectivity index (χ3n) is 2.01. The molecule has 2 heterocycles. The molecule has 1 aromatic heterocycles. The molecule has 0 amide bonds. The second-order valence-electron chi connectivity index (χ2n) is 3.02. The van der Waals surface area contributed by atoms with Crippen LogP contribution in [0.3, 0.4) is 0 Å². The van der Waals surface area contributed by atoms with Gasteiger partial charge < -0.3 is 10.1 Å². The molecule has 0 saturated carbocycles. The summed E-state index contributed by atoms with van der Waals surface area (Å²) in [5.74, 6) is 0.695. The normalized spacial score (nSPS) is 27.5. The monoisotopic (exact) mass is 182 g/mol. The Hall–Kier alpha value is -1.16. The minimum absolute atomic E-state index is 0.185. The van der Waals surface area contributed by atoms with Crippen molar-refractivity contribution in [2.75, 3.05) is 18.5 Å². The van der Waals surface area contributed by atoms with Gasteiger partial charge in [-0.3, -0.25) is 0 Å². The lowest BCUT2D eigenvalue weighted by molar-refractivity contribution is 0.173. The van der Waals surface area contributed by atoms with Crippen LogP contribution in [0.15, 0.2) is 24.4 Å². The Morgan fingerprint density at radius 3 is 3.00 bits per heavy atom. The van der Waals surface area contributed by atoms with Crippen LogP contribution in [-0.2, 0) is 4.74 Å². The first-order valence-electron chi connectivity index (χ1n) is 4.25. The lowest BCUT2D eigenvalue weighted by atomic mass is 10.2. The van der Waals surface area contributed by atoms with Crippen molar-refractivity contribution in [2.24, 2.45) is 0 Å². The number of hydrogen-bond acceptors (Lipinski definition) is 3. The van der Waals surface area contributed by atoms with E-state index >= 15 is 0 Å². The molecule has 0 bridgehead atoms. The van der Waals surface area contributed by atoms with E-state index in [0.717, 1.165) is 0 Å². The Labute approximate surface area is 75.9 Å². The fourth-order valence-electron chi connectivity index (χ4n) is 1.30. The summed E-state index contributed by atoms with van der Waals surface area (Å²) in [6, 6.07) is 5.24. The lowest BCUT2D eigenvalue weighted by Crippen LogP contribution is -2.29. The first-order chi connectivity index (χ1) is 6.36. The SMILES string of the molecule is FC1COCC1Nc1ccccn1. The number of ether oxygens (including phenoxy) is 1. The van der Waals surface area contributed by atoms with Crippen molar-refractivity contribution in [3.8, 4) is 0 Å². The summed E-state index contributed by atoms with van der Waals surface area (Å²) in [5, 5.41) is 2.98. The van der Waals surface area contributed by atoms with Crippen LogP contribution in [0.25, 0.3) is 0 Å². The molecule has 3 nitrogen and oxygen atoms in total. The maximum absolute atomic E-state index is 13.1. The number of aromatic nitrogens is 1. The summed E-state index contributed by atoms with van der Waals surface area (Å²) in [6.45, 7) is 0.599. The second-order valence-corrected chi connectivity index (χ2v) is 3.02. The highest BCUT2D eigenvalue weighted by Gasteiger charge is 2.27. The Morgan fingerprint density at radius 1 is 1.46 bits per heavy atom. The average Bonchev–Trinajstić information content (AvgIpc) is 2.54. The maximum atomic E-state index is 13.1. The van der Waals surface area contributed by atoms with Gasteiger partial charge in [0.05, 0.1) is 19.3 Å².